The number of rotatable bonds is 14. The highest BCUT2D eigenvalue weighted by Crippen LogP contribution is 2.33. The van der Waals surface area contributed by atoms with Crippen LogP contribution in [0.5, 0.6) is 11.5 Å². The molecule has 0 spiro atoms. The van der Waals surface area contributed by atoms with Crippen molar-refractivity contribution in [3.8, 4) is 22.6 Å². The van der Waals surface area contributed by atoms with Gasteiger partial charge in [-0.15, -0.1) is 0 Å². The van der Waals surface area contributed by atoms with Crippen LogP contribution < -0.4 is 19.7 Å². The molecule has 3 N–H and O–H groups in total. The predicted molar refractivity (Wildman–Crippen MR) is 218 cm³/mol. The van der Waals surface area contributed by atoms with E-state index in [4.69, 9.17) is 16.3 Å². The van der Waals surface area contributed by atoms with E-state index in [0.717, 1.165) is 60.7 Å². The second kappa shape index (κ2) is 16.8. The number of piperazine rings is 1. The molecule has 13 nitrogen and oxygen atoms in total. The highest BCUT2D eigenvalue weighted by atomic mass is 35.5. The normalized spacial score (nSPS) is 13.4. The summed E-state index contributed by atoms with van der Waals surface area (Å²) < 4.78 is 35.3. The molecule has 1 saturated heterocycles. The largest absolute Gasteiger partial charge is 0.455 e. The van der Waals surface area contributed by atoms with Crippen LogP contribution >= 0.6 is 11.6 Å². The summed E-state index contributed by atoms with van der Waals surface area (Å²) >= 11 is 6.14. The van der Waals surface area contributed by atoms with Gasteiger partial charge in [-0.05, 0) is 71.6 Å². The lowest BCUT2D eigenvalue weighted by atomic mass is 9.99. The fourth-order valence-electron chi connectivity index (χ4n) is 6.67. The molecule has 0 bridgehead atoms. The third kappa shape index (κ3) is 8.78. The number of fused-ring (bicyclic) bond motifs is 1. The molecule has 7 rings (SSSR count). The van der Waals surface area contributed by atoms with E-state index in [-0.39, 0.29) is 17.0 Å². The number of pyridine rings is 1. The van der Waals surface area contributed by atoms with Crippen LogP contribution in [0.25, 0.3) is 22.2 Å². The fourth-order valence-corrected chi connectivity index (χ4v) is 7.78. The van der Waals surface area contributed by atoms with Crippen LogP contribution in [-0.4, -0.2) is 66.8 Å². The highest BCUT2D eigenvalue weighted by molar-refractivity contribution is 7.90. The first-order chi connectivity index (χ1) is 27.1. The Labute approximate surface area is 329 Å². The molecule has 56 heavy (non-hydrogen) atoms. The molecule has 4 aromatic carbocycles. The summed E-state index contributed by atoms with van der Waals surface area (Å²) in [6.07, 6.45) is 4.92. The van der Waals surface area contributed by atoms with E-state index < -0.39 is 31.4 Å². The molecule has 3 heterocycles. The van der Waals surface area contributed by atoms with Crippen molar-refractivity contribution in [1.82, 2.24) is 19.6 Å². The Balaban J connectivity index is 1.11. The summed E-state index contributed by atoms with van der Waals surface area (Å²) in [5.74, 6) is -0.496. The standard InChI is InChI=1S/C41H40ClN7O6S/c1-2-3-17-43-37-15-13-34(25-38(37)49(51)52)56(53,54)46-41(50)36-14-12-32(24-39(36)55-33-23-29-16-18-44-40(29)45-26-33)48-21-19-47(20-22-48)27-30-6-4-5-7-35(30)28-8-10-31(42)11-9-28/h4-16,18,23-26,43H,2-3,17,19-22,27H2,1H3,(H,44,45)(H,46,50). The van der Waals surface area contributed by atoms with Gasteiger partial charge in [-0.25, -0.2) is 18.1 Å². The Morgan fingerprint density at radius 3 is 2.54 bits per heavy atom. The SMILES string of the molecule is CCCCNc1ccc(S(=O)(=O)NC(=O)c2ccc(N3CCN(Cc4ccccc4-c4ccc(Cl)cc4)CC3)cc2Oc2cnc3[nH]ccc3c2)cc1[N+](=O)[O-]. The number of amides is 1. The molecule has 1 aliphatic heterocycles. The second-order valence-corrected chi connectivity index (χ2v) is 15.6. The topological polar surface area (TPSA) is 163 Å². The predicted octanol–water partition coefficient (Wildman–Crippen LogP) is 8.24. The maximum absolute atomic E-state index is 13.8. The molecule has 1 fully saturated rings. The second-order valence-electron chi connectivity index (χ2n) is 13.4. The third-order valence-corrected chi connectivity index (χ3v) is 11.2. The van der Waals surface area contributed by atoms with Gasteiger partial charge in [-0.2, -0.15) is 0 Å². The number of hydrogen-bond acceptors (Lipinski definition) is 10. The first-order valence-electron chi connectivity index (χ1n) is 18.2. The van der Waals surface area contributed by atoms with E-state index in [0.29, 0.717) is 36.1 Å². The molecule has 288 valence electrons. The number of carbonyl (C=O) groups is 1. The number of aromatic nitrogens is 2. The van der Waals surface area contributed by atoms with Gasteiger partial charge in [0.15, 0.2) is 0 Å². The van der Waals surface area contributed by atoms with Gasteiger partial charge in [0.05, 0.1) is 21.6 Å². The van der Waals surface area contributed by atoms with Crippen molar-refractivity contribution >= 4 is 55.6 Å². The number of ether oxygens (including phenoxy) is 1. The Hall–Kier alpha value is -5.96. The van der Waals surface area contributed by atoms with Gasteiger partial charge in [0.1, 0.15) is 22.8 Å². The monoisotopic (exact) mass is 793 g/mol. The number of H-pyrrole nitrogens is 1. The van der Waals surface area contributed by atoms with E-state index in [1.165, 1.54) is 30.0 Å². The zero-order valence-corrected chi connectivity index (χ0v) is 32.1. The lowest BCUT2D eigenvalue weighted by Gasteiger charge is -2.36. The maximum Gasteiger partial charge on any atom is 0.293 e. The molecule has 0 unspecified atom stereocenters. The first kappa shape index (κ1) is 38.3. The van der Waals surface area contributed by atoms with Gasteiger partial charge in [0, 0.05) is 73.7 Å². The van der Waals surface area contributed by atoms with E-state index in [1.807, 2.05) is 49.4 Å². The third-order valence-electron chi connectivity index (χ3n) is 9.67. The van der Waals surface area contributed by atoms with Gasteiger partial charge >= 0.3 is 0 Å². The number of aromatic amines is 1. The summed E-state index contributed by atoms with van der Waals surface area (Å²) in [5, 5.41) is 16.3. The number of nitrogens with one attached hydrogen (secondary N) is 3. The van der Waals surface area contributed by atoms with Crippen LogP contribution in [0.4, 0.5) is 17.1 Å². The van der Waals surface area contributed by atoms with Crippen LogP contribution in [0.15, 0.2) is 114 Å². The van der Waals surface area contributed by atoms with Gasteiger partial charge in [-0.1, -0.05) is 61.3 Å². The molecule has 15 heteroatoms. The van der Waals surface area contributed by atoms with Gasteiger partial charge < -0.3 is 19.9 Å². The number of nitro groups is 1. The molecular formula is C41H40ClN7O6S. The number of halogens is 1. The number of nitrogens with zero attached hydrogens (tertiary/aromatic N) is 4. The fraction of sp³-hybridized carbons (Fsp3) is 0.220. The number of hydrogen-bond donors (Lipinski definition) is 3. The quantitative estimate of drug-likeness (QED) is 0.0556. The van der Waals surface area contributed by atoms with Crippen LogP contribution in [0.1, 0.15) is 35.7 Å². The van der Waals surface area contributed by atoms with Crippen LogP contribution in [-0.2, 0) is 16.6 Å². The molecule has 0 radical (unpaired) electrons. The number of unbranched alkanes of at least 4 members (excludes halogenated alkanes) is 1. The Bertz CT molecular complexity index is 2480. The van der Waals surface area contributed by atoms with Gasteiger partial charge in [-0.3, -0.25) is 19.8 Å². The van der Waals surface area contributed by atoms with Gasteiger partial charge in [0.25, 0.3) is 21.6 Å². The average molecular weight is 794 g/mol. The minimum absolute atomic E-state index is 0.0451. The number of carbonyl (C=O) groups excluding carboxylic acids is 1. The highest BCUT2D eigenvalue weighted by Gasteiger charge is 2.27. The van der Waals surface area contributed by atoms with Crippen molar-refractivity contribution in [2.45, 2.75) is 31.2 Å². The smallest absolute Gasteiger partial charge is 0.293 e. The average Bonchev–Trinajstić information content (AvgIpc) is 3.67. The molecule has 1 amide bonds. The zero-order valence-electron chi connectivity index (χ0n) is 30.6. The van der Waals surface area contributed by atoms with Crippen molar-refractivity contribution in [2.24, 2.45) is 0 Å². The van der Waals surface area contributed by atoms with Crippen molar-refractivity contribution in [3.63, 3.8) is 0 Å². The molecule has 1 aliphatic rings. The Morgan fingerprint density at radius 2 is 1.77 bits per heavy atom. The van der Waals surface area contributed by atoms with Crippen LogP contribution in [0, 0.1) is 10.1 Å². The van der Waals surface area contributed by atoms with Crippen LogP contribution in [0.2, 0.25) is 5.02 Å². The molecule has 0 aliphatic carbocycles. The molecule has 2 aromatic heterocycles. The molecular weight excluding hydrogens is 754 g/mol. The van der Waals surface area contributed by atoms with Crippen molar-refractivity contribution < 1.29 is 22.9 Å². The lowest BCUT2D eigenvalue weighted by Crippen LogP contribution is -2.46. The minimum Gasteiger partial charge on any atom is -0.455 e. The summed E-state index contributed by atoms with van der Waals surface area (Å²) in [6.45, 7) is 6.19. The van der Waals surface area contributed by atoms with Crippen molar-refractivity contribution in [3.05, 3.63) is 136 Å². The first-order valence-corrected chi connectivity index (χ1v) is 20.1. The zero-order chi connectivity index (χ0) is 39.2. The maximum atomic E-state index is 13.8. The summed E-state index contributed by atoms with van der Waals surface area (Å²) in [7, 11) is -4.53. The summed E-state index contributed by atoms with van der Waals surface area (Å²) in [5.41, 5.74) is 4.66. The summed E-state index contributed by atoms with van der Waals surface area (Å²) in [6, 6.07) is 28.3. The number of sulfonamides is 1. The number of benzene rings is 4. The number of anilines is 2. The van der Waals surface area contributed by atoms with E-state index in [1.54, 1.807) is 24.4 Å². The van der Waals surface area contributed by atoms with E-state index in [9.17, 15) is 23.3 Å². The van der Waals surface area contributed by atoms with E-state index in [2.05, 4.69) is 41.9 Å². The lowest BCUT2D eigenvalue weighted by molar-refractivity contribution is -0.384. The van der Waals surface area contributed by atoms with Crippen LogP contribution in [0.3, 0.4) is 0 Å². The van der Waals surface area contributed by atoms with Crippen molar-refractivity contribution in [1.29, 1.82) is 0 Å². The molecule has 0 saturated carbocycles. The van der Waals surface area contributed by atoms with E-state index >= 15 is 0 Å². The van der Waals surface area contributed by atoms with Crippen molar-refractivity contribution in [2.75, 3.05) is 42.9 Å². The summed E-state index contributed by atoms with van der Waals surface area (Å²) in [4.78, 5) is 36.5. The van der Waals surface area contributed by atoms with Gasteiger partial charge in [0.2, 0.25) is 0 Å². The minimum atomic E-state index is -4.53. The Morgan fingerprint density at radius 1 is 0.982 bits per heavy atom. The number of nitro benzene ring substituents is 1. The Kier molecular flexibility index (Phi) is 11.5. The molecule has 6 aromatic rings. The molecule has 0 atom stereocenters.